The number of rotatable bonds is 51. The van der Waals surface area contributed by atoms with Crippen LogP contribution in [0.25, 0.3) is 0 Å². The van der Waals surface area contributed by atoms with E-state index in [-0.39, 0.29) is 31.1 Å². The van der Waals surface area contributed by atoms with E-state index in [1.165, 1.54) is 212 Å². The molecule has 0 saturated carbocycles. The topological polar surface area (TPSA) is 78.9 Å². The number of esters is 3. The van der Waals surface area contributed by atoms with E-state index in [1.807, 2.05) is 0 Å². The van der Waals surface area contributed by atoms with Gasteiger partial charge in [0.2, 0.25) is 0 Å². The van der Waals surface area contributed by atoms with Crippen LogP contribution >= 0.6 is 0 Å². The molecule has 0 N–H and O–H groups in total. The highest BCUT2D eigenvalue weighted by atomic mass is 16.6. The first kappa shape index (κ1) is 60.4. The van der Waals surface area contributed by atoms with Crippen molar-refractivity contribution < 1.29 is 28.6 Å². The van der Waals surface area contributed by atoms with Crippen LogP contribution in [-0.4, -0.2) is 37.2 Å². The third-order valence-electron chi connectivity index (χ3n) is 12.8. The highest BCUT2D eigenvalue weighted by molar-refractivity contribution is 5.71. The molecule has 0 aromatic carbocycles. The summed E-state index contributed by atoms with van der Waals surface area (Å²) in [5.41, 5.74) is 0. The zero-order chi connectivity index (χ0) is 45.2. The molecule has 0 amide bonds. The van der Waals surface area contributed by atoms with Gasteiger partial charge in [-0.05, 0) is 25.2 Å². The van der Waals surface area contributed by atoms with Gasteiger partial charge in [0.15, 0.2) is 6.10 Å². The second-order valence-electron chi connectivity index (χ2n) is 19.7. The van der Waals surface area contributed by atoms with Crippen LogP contribution in [0.5, 0.6) is 0 Å². The first-order valence-electron chi connectivity index (χ1n) is 27.9. The van der Waals surface area contributed by atoms with Crippen LogP contribution < -0.4 is 0 Å². The summed E-state index contributed by atoms with van der Waals surface area (Å²) in [6.45, 7) is 9.06. The van der Waals surface area contributed by atoms with Gasteiger partial charge in [-0.15, -0.1) is 0 Å². The lowest BCUT2D eigenvalue weighted by Crippen LogP contribution is -2.30. The van der Waals surface area contributed by atoms with Gasteiger partial charge in [0, 0.05) is 19.3 Å². The molecule has 368 valence electrons. The Morgan fingerprint density at radius 1 is 0.306 bits per heavy atom. The van der Waals surface area contributed by atoms with E-state index >= 15 is 0 Å². The van der Waals surface area contributed by atoms with Crippen LogP contribution in [0.2, 0.25) is 0 Å². The van der Waals surface area contributed by atoms with Gasteiger partial charge in [0.05, 0.1) is 0 Å². The average Bonchev–Trinajstić information content (AvgIpc) is 3.26. The van der Waals surface area contributed by atoms with Crippen LogP contribution in [-0.2, 0) is 28.6 Å². The van der Waals surface area contributed by atoms with Crippen LogP contribution in [0, 0.1) is 5.92 Å². The van der Waals surface area contributed by atoms with Gasteiger partial charge < -0.3 is 14.2 Å². The van der Waals surface area contributed by atoms with Gasteiger partial charge in [-0.2, -0.15) is 0 Å². The van der Waals surface area contributed by atoms with Gasteiger partial charge in [0.1, 0.15) is 13.2 Å². The van der Waals surface area contributed by atoms with Crippen molar-refractivity contribution >= 4 is 17.9 Å². The minimum absolute atomic E-state index is 0.0620. The summed E-state index contributed by atoms with van der Waals surface area (Å²) in [4.78, 5) is 38.0. The van der Waals surface area contributed by atoms with Crippen LogP contribution in [0.4, 0.5) is 0 Å². The maximum Gasteiger partial charge on any atom is 0.306 e. The number of hydrogen-bond acceptors (Lipinski definition) is 6. The van der Waals surface area contributed by atoms with E-state index in [9.17, 15) is 14.4 Å². The Hall–Kier alpha value is -1.59. The smallest absolute Gasteiger partial charge is 0.306 e. The molecule has 0 rings (SSSR count). The molecule has 0 spiro atoms. The van der Waals surface area contributed by atoms with Crippen molar-refractivity contribution in [3.05, 3.63) is 0 Å². The predicted octanol–water partition coefficient (Wildman–Crippen LogP) is 18.2. The minimum Gasteiger partial charge on any atom is -0.462 e. The molecule has 0 aliphatic rings. The molecule has 0 aromatic rings. The first-order chi connectivity index (χ1) is 30.4. The van der Waals surface area contributed by atoms with Crippen molar-refractivity contribution in [2.24, 2.45) is 5.92 Å². The molecule has 1 atom stereocenters. The SMILES string of the molecule is CCCCCCCCCCCCCCCCC(=O)O[C@H](COC(=O)CCCCCCCCCCCCCCC)COC(=O)CCCCCCCCCCCCCCCCC(C)C. The van der Waals surface area contributed by atoms with E-state index in [1.54, 1.807) is 0 Å². The van der Waals surface area contributed by atoms with Crippen molar-refractivity contribution in [2.75, 3.05) is 13.2 Å². The normalized spacial score (nSPS) is 12.0. The molecular formula is C56H108O6. The molecule has 0 radical (unpaired) electrons. The minimum atomic E-state index is -0.761. The van der Waals surface area contributed by atoms with Crippen molar-refractivity contribution in [3.8, 4) is 0 Å². The van der Waals surface area contributed by atoms with Gasteiger partial charge in [-0.1, -0.05) is 278 Å². The van der Waals surface area contributed by atoms with E-state index in [2.05, 4.69) is 27.7 Å². The first-order valence-corrected chi connectivity index (χ1v) is 27.9. The summed E-state index contributed by atoms with van der Waals surface area (Å²) >= 11 is 0. The highest BCUT2D eigenvalue weighted by Crippen LogP contribution is 2.18. The average molecular weight is 877 g/mol. The van der Waals surface area contributed by atoms with Gasteiger partial charge >= 0.3 is 17.9 Å². The molecule has 0 unspecified atom stereocenters. The molecule has 6 nitrogen and oxygen atoms in total. The van der Waals surface area contributed by atoms with E-state index in [0.717, 1.165) is 63.7 Å². The standard InChI is InChI=1S/C56H108O6/c1-5-7-9-11-13-15-17-19-24-29-33-37-41-45-49-56(59)62-53(50-60-54(57)47-43-39-35-31-27-22-18-16-14-12-10-8-6-2)51-61-55(58)48-44-40-36-32-28-25-21-20-23-26-30-34-38-42-46-52(3)4/h52-53H,5-51H2,1-4H3/t53-/m1/s1. The highest BCUT2D eigenvalue weighted by Gasteiger charge is 2.19. The molecule has 0 fully saturated rings. The Morgan fingerprint density at radius 3 is 0.790 bits per heavy atom. The van der Waals surface area contributed by atoms with Crippen LogP contribution in [0.15, 0.2) is 0 Å². The fraction of sp³-hybridized carbons (Fsp3) is 0.946. The van der Waals surface area contributed by atoms with Gasteiger partial charge in [-0.3, -0.25) is 14.4 Å². The Kier molecular flexibility index (Phi) is 49.1. The summed E-state index contributed by atoms with van der Waals surface area (Å²) < 4.78 is 16.9. The lowest BCUT2D eigenvalue weighted by Gasteiger charge is -2.18. The Labute approximate surface area is 387 Å². The fourth-order valence-electron chi connectivity index (χ4n) is 8.57. The van der Waals surface area contributed by atoms with E-state index in [4.69, 9.17) is 14.2 Å². The van der Waals surface area contributed by atoms with Crippen molar-refractivity contribution in [1.29, 1.82) is 0 Å². The second kappa shape index (κ2) is 50.4. The largest absolute Gasteiger partial charge is 0.462 e. The molecule has 0 bridgehead atoms. The van der Waals surface area contributed by atoms with Crippen LogP contribution in [0.3, 0.4) is 0 Å². The summed E-state index contributed by atoms with van der Waals surface area (Å²) in [5.74, 6) is 0.00728. The quantitative estimate of drug-likeness (QED) is 0.0344. The maximum absolute atomic E-state index is 12.8. The molecule has 0 saturated heterocycles. The molecule has 0 aliphatic carbocycles. The summed E-state index contributed by atoms with van der Waals surface area (Å²) in [7, 11) is 0. The number of ether oxygens (including phenoxy) is 3. The predicted molar refractivity (Wildman–Crippen MR) is 266 cm³/mol. The summed E-state index contributed by atoms with van der Waals surface area (Å²) in [6, 6.07) is 0. The Morgan fingerprint density at radius 2 is 0.532 bits per heavy atom. The lowest BCUT2D eigenvalue weighted by molar-refractivity contribution is -0.167. The van der Waals surface area contributed by atoms with E-state index in [0.29, 0.717) is 19.3 Å². The fourth-order valence-corrected chi connectivity index (χ4v) is 8.57. The van der Waals surface area contributed by atoms with Crippen molar-refractivity contribution in [1.82, 2.24) is 0 Å². The zero-order valence-corrected chi connectivity index (χ0v) is 42.3. The molecule has 62 heavy (non-hydrogen) atoms. The van der Waals surface area contributed by atoms with E-state index < -0.39 is 6.10 Å². The molecule has 0 aliphatic heterocycles. The number of carbonyl (C=O) groups excluding carboxylic acids is 3. The number of unbranched alkanes of at least 4 members (excludes halogenated alkanes) is 38. The molecule has 0 aromatic heterocycles. The maximum atomic E-state index is 12.8. The zero-order valence-electron chi connectivity index (χ0n) is 42.3. The third-order valence-corrected chi connectivity index (χ3v) is 12.8. The van der Waals surface area contributed by atoms with Gasteiger partial charge in [-0.25, -0.2) is 0 Å². The third kappa shape index (κ3) is 49.4. The summed E-state index contributed by atoms with van der Waals surface area (Å²) in [5, 5.41) is 0. The lowest BCUT2D eigenvalue weighted by atomic mass is 10.0. The van der Waals surface area contributed by atoms with Crippen LogP contribution in [0.1, 0.15) is 317 Å². The van der Waals surface area contributed by atoms with Crippen molar-refractivity contribution in [3.63, 3.8) is 0 Å². The number of carbonyl (C=O) groups is 3. The second-order valence-corrected chi connectivity index (χ2v) is 19.7. The molecule has 6 heteroatoms. The summed E-state index contributed by atoms with van der Waals surface area (Å²) in [6.07, 6.45) is 53.7. The van der Waals surface area contributed by atoms with Gasteiger partial charge in [0.25, 0.3) is 0 Å². The molecule has 0 heterocycles. The molecular weight excluding hydrogens is 769 g/mol. The Bertz CT molecular complexity index is 933. The monoisotopic (exact) mass is 877 g/mol. The Balaban J connectivity index is 4.29. The number of hydrogen-bond donors (Lipinski definition) is 0. The van der Waals surface area contributed by atoms with Crippen molar-refractivity contribution in [2.45, 2.75) is 323 Å².